The van der Waals surface area contributed by atoms with Gasteiger partial charge in [0.2, 0.25) is 11.7 Å². The first kappa shape index (κ1) is 25.0. The normalized spacial score (nSPS) is 13.3. The Hall–Kier alpha value is -6.20. The second-order valence-corrected chi connectivity index (χ2v) is 12.5. The van der Waals surface area contributed by atoms with Crippen molar-refractivity contribution in [2.75, 3.05) is 0 Å². The summed E-state index contributed by atoms with van der Waals surface area (Å²) in [6, 6.07) is 40.4. The van der Waals surface area contributed by atoms with Gasteiger partial charge in [0.15, 0.2) is 0 Å². The molecule has 0 atom stereocenters. The molecule has 1 aliphatic rings. The number of aryl methyl sites for hydroxylation is 1. The Morgan fingerprint density at radius 2 is 1.43 bits per heavy atom. The Bertz CT molecular complexity index is 2960. The van der Waals surface area contributed by atoms with Gasteiger partial charge in [-0.2, -0.15) is 4.98 Å². The number of benzene rings is 6. The fourth-order valence-corrected chi connectivity index (χ4v) is 8.05. The molecule has 11 rings (SSSR count). The van der Waals surface area contributed by atoms with Crippen LogP contribution in [0.25, 0.3) is 99.7 Å². The quantitative estimate of drug-likeness (QED) is 0.214. The zero-order valence-corrected chi connectivity index (χ0v) is 25.3. The molecule has 0 bridgehead atoms. The SMILES string of the molecule is C1=Cc2c(c3[nH]c4ccccc4c3c3c4ccc5ccccc5c4n(-c4nc(-c5ccccc5)c5c(n4)oc4ccccc45)c23)CC1. The fourth-order valence-electron chi connectivity index (χ4n) is 8.05. The van der Waals surface area contributed by atoms with Crippen LogP contribution in [-0.2, 0) is 6.42 Å². The number of hydrogen-bond acceptors (Lipinski definition) is 3. The van der Waals surface area contributed by atoms with Gasteiger partial charge in [0.05, 0.1) is 27.6 Å². The van der Waals surface area contributed by atoms with E-state index in [4.69, 9.17) is 14.4 Å². The zero-order chi connectivity index (χ0) is 30.6. The molecule has 10 aromatic rings. The third kappa shape index (κ3) is 3.32. The lowest BCUT2D eigenvalue weighted by Gasteiger charge is -2.17. The summed E-state index contributed by atoms with van der Waals surface area (Å²) in [7, 11) is 0. The zero-order valence-electron chi connectivity index (χ0n) is 25.3. The molecule has 0 amide bonds. The highest BCUT2D eigenvalue weighted by Crippen LogP contribution is 2.47. The number of para-hydroxylation sites is 2. The van der Waals surface area contributed by atoms with Crippen LogP contribution in [0.5, 0.6) is 0 Å². The maximum atomic E-state index is 6.51. The minimum absolute atomic E-state index is 0.586. The van der Waals surface area contributed by atoms with Crippen LogP contribution in [0.15, 0.2) is 126 Å². The maximum absolute atomic E-state index is 6.51. The van der Waals surface area contributed by atoms with E-state index in [0.717, 1.165) is 62.4 Å². The van der Waals surface area contributed by atoms with Crippen molar-refractivity contribution in [3.05, 3.63) is 132 Å². The van der Waals surface area contributed by atoms with Crippen LogP contribution < -0.4 is 0 Å². The lowest BCUT2D eigenvalue weighted by molar-refractivity contribution is 0.651. The van der Waals surface area contributed by atoms with Crippen molar-refractivity contribution >= 4 is 82.5 Å². The molecule has 5 nitrogen and oxygen atoms in total. The van der Waals surface area contributed by atoms with Gasteiger partial charge in [-0.1, -0.05) is 115 Å². The Balaban J connectivity index is 1.41. The summed E-state index contributed by atoms with van der Waals surface area (Å²) in [6.45, 7) is 0. The van der Waals surface area contributed by atoms with E-state index in [9.17, 15) is 0 Å². The summed E-state index contributed by atoms with van der Waals surface area (Å²) < 4.78 is 8.83. The molecule has 0 saturated heterocycles. The largest absolute Gasteiger partial charge is 0.437 e. The van der Waals surface area contributed by atoms with Crippen LogP contribution in [0.4, 0.5) is 0 Å². The van der Waals surface area contributed by atoms with Gasteiger partial charge in [-0.25, -0.2) is 4.98 Å². The van der Waals surface area contributed by atoms with Gasteiger partial charge >= 0.3 is 0 Å². The lowest BCUT2D eigenvalue weighted by Crippen LogP contribution is -2.06. The standard InChI is InChI=1S/C42H26N4O/c1-2-13-25(14-3-1)37-36-30-19-9-11-21-33(30)47-41(36)45-42(44-37)46-39-26-15-5-4-12-24(26)22-23-31(39)35-34-29-18-8-10-20-32(29)43-38(34)27-16-6-7-17-28(27)40(35)46/h1-5,7-15,17-23,43H,6,16H2. The molecule has 4 aromatic heterocycles. The van der Waals surface area contributed by atoms with Crippen molar-refractivity contribution < 1.29 is 4.42 Å². The van der Waals surface area contributed by atoms with Crippen LogP contribution in [0.3, 0.4) is 0 Å². The van der Waals surface area contributed by atoms with Crippen molar-refractivity contribution in [1.29, 1.82) is 0 Å². The van der Waals surface area contributed by atoms with Gasteiger partial charge < -0.3 is 9.40 Å². The first-order valence-electron chi connectivity index (χ1n) is 16.2. The minimum Gasteiger partial charge on any atom is -0.437 e. The molecular weight excluding hydrogens is 576 g/mol. The topological polar surface area (TPSA) is 59.6 Å². The molecule has 0 fully saturated rings. The smallest absolute Gasteiger partial charge is 0.238 e. The molecule has 1 N–H and O–H groups in total. The molecule has 1 aliphatic carbocycles. The van der Waals surface area contributed by atoms with Crippen molar-refractivity contribution in [2.45, 2.75) is 12.8 Å². The van der Waals surface area contributed by atoms with E-state index in [1.165, 1.54) is 43.6 Å². The number of furan rings is 1. The third-order valence-corrected chi connectivity index (χ3v) is 10.0. The number of aromatic nitrogens is 4. The van der Waals surface area contributed by atoms with Gasteiger partial charge in [0.1, 0.15) is 5.58 Å². The summed E-state index contributed by atoms with van der Waals surface area (Å²) in [5, 5.41) is 9.19. The van der Waals surface area contributed by atoms with Gasteiger partial charge in [-0.15, -0.1) is 0 Å². The van der Waals surface area contributed by atoms with E-state index in [1.807, 2.05) is 24.3 Å². The number of H-pyrrole nitrogens is 1. The summed E-state index contributed by atoms with van der Waals surface area (Å²) in [5.41, 5.74) is 10.5. The highest BCUT2D eigenvalue weighted by atomic mass is 16.3. The van der Waals surface area contributed by atoms with E-state index in [1.54, 1.807) is 0 Å². The Labute approximate surface area is 268 Å². The van der Waals surface area contributed by atoms with Crippen molar-refractivity contribution in [1.82, 2.24) is 19.5 Å². The molecule has 0 saturated carbocycles. The average Bonchev–Trinajstić information content (AvgIpc) is 3.81. The van der Waals surface area contributed by atoms with Gasteiger partial charge in [-0.05, 0) is 35.9 Å². The number of nitrogens with zero attached hydrogens (tertiary/aromatic N) is 3. The first-order chi connectivity index (χ1) is 23.3. The molecule has 220 valence electrons. The maximum Gasteiger partial charge on any atom is 0.238 e. The van der Waals surface area contributed by atoms with Crippen molar-refractivity contribution in [3.63, 3.8) is 0 Å². The number of hydrogen-bond donors (Lipinski definition) is 1. The van der Waals surface area contributed by atoms with E-state index >= 15 is 0 Å². The number of fused-ring (bicyclic) bond motifs is 15. The van der Waals surface area contributed by atoms with Gasteiger partial charge in [0.25, 0.3) is 0 Å². The number of aromatic amines is 1. The molecule has 0 spiro atoms. The van der Waals surface area contributed by atoms with Crippen molar-refractivity contribution in [3.8, 4) is 17.2 Å². The molecule has 0 unspecified atom stereocenters. The van der Waals surface area contributed by atoms with Crippen LogP contribution in [0, 0.1) is 0 Å². The molecule has 6 aromatic carbocycles. The number of rotatable bonds is 2. The lowest BCUT2D eigenvalue weighted by atomic mass is 9.91. The number of nitrogens with one attached hydrogen (secondary N) is 1. The van der Waals surface area contributed by atoms with Gasteiger partial charge in [0, 0.05) is 49.0 Å². The van der Waals surface area contributed by atoms with Crippen LogP contribution in [0.1, 0.15) is 17.5 Å². The molecule has 0 radical (unpaired) electrons. The fraction of sp³-hybridized carbons (Fsp3) is 0.0476. The van der Waals surface area contributed by atoms with E-state index in [2.05, 4.69) is 113 Å². The Morgan fingerprint density at radius 1 is 0.638 bits per heavy atom. The van der Waals surface area contributed by atoms with E-state index < -0.39 is 0 Å². The summed E-state index contributed by atoms with van der Waals surface area (Å²) >= 11 is 0. The third-order valence-electron chi connectivity index (χ3n) is 10.0. The second kappa shape index (κ2) is 9.18. The number of allylic oxidation sites excluding steroid dienone is 1. The first-order valence-corrected chi connectivity index (χ1v) is 16.2. The molecule has 0 aliphatic heterocycles. The van der Waals surface area contributed by atoms with Gasteiger partial charge in [-0.3, -0.25) is 4.57 Å². The summed E-state index contributed by atoms with van der Waals surface area (Å²) in [5.74, 6) is 0.604. The Kier molecular flexibility index (Phi) is 4.89. The summed E-state index contributed by atoms with van der Waals surface area (Å²) in [4.78, 5) is 14.6. The monoisotopic (exact) mass is 602 g/mol. The molecule has 4 heterocycles. The van der Waals surface area contributed by atoms with Crippen LogP contribution >= 0.6 is 0 Å². The summed E-state index contributed by atoms with van der Waals surface area (Å²) in [6.07, 6.45) is 6.58. The van der Waals surface area contributed by atoms with E-state index in [-0.39, 0.29) is 0 Å². The highest BCUT2D eigenvalue weighted by molar-refractivity contribution is 6.32. The predicted molar refractivity (Wildman–Crippen MR) is 193 cm³/mol. The Morgan fingerprint density at radius 3 is 2.34 bits per heavy atom. The van der Waals surface area contributed by atoms with Crippen LogP contribution in [0.2, 0.25) is 0 Å². The minimum atomic E-state index is 0.586. The second-order valence-electron chi connectivity index (χ2n) is 12.5. The van der Waals surface area contributed by atoms with Crippen LogP contribution in [-0.4, -0.2) is 19.5 Å². The molecule has 47 heavy (non-hydrogen) atoms. The van der Waals surface area contributed by atoms with Crippen molar-refractivity contribution in [2.24, 2.45) is 0 Å². The van der Waals surface area contributed by atoms with E-state index in [0.29, 0.717) is 11.7 Å². The molecular formula is C42H26N4O. The molecule has 5 heteroatoms. The highest BCUT2D eigenvalue weighted by Gasteiger charge is 2.28. The predicted octanol–water partition coefficient (Wildman–Crippen LogP) is 10.9. The average molecular weight is 603 g/mol.